The summed E-state index contributed by atoms with van der Waals surface area (Å²) in [5, 5.41) is 23.7. The fraction of sp³-hybridized carbons (Fsp3) is 0.375. The number of carboxylic acid groups (broad SMARTS) is 1. The summed E-state index contributed by atoms with van der Waals surface area (Å²) in [7, 11) is 1.67. The first kappa shape index (κ1) is 15.1. The predicted molar refractivity (Wildman–Crippen MR) is 80.7 cm³/mol. The molecule has 0 bridgehead atoms. The molecule has 0 atom stereocenters. The molecule has 0 aliphatic rings. The molecule has 21 heavy (non-hydrogen) atoms. The highest BCUT2D eigenvalue weighted by Gasteiger charge is 2.24. The standard InChI is InChI=1S/C16H20N2O3/c1-9-6-7-10(16(2,3)4)14(19)13(9)12-8-11(15(20)21)17-18(12)5/h6-8,19H,1-5H3,(H,20,21). The van der Waals surface area contributed by atoms with Gasteiger partial charge in [0.05, 0.1) is 5.69 Å². The molecule has 112 valence electrons. The average molecular weight is 288 g/mol. The van der Waals surface area contributed by atoms with Crippen LogP contribution in [0.25, 0.3) is 11.3 Å². The van der Waals surface area contributed by atoms with Crippen LogP contribution in [-0.2, 0) is 12.5 Å². The van der Waals surface area contributed by atoms with Crippen molar-refractivity contribution in [3.63, 3.8) is 0 Å². The molecule has 2 rings (SSSR count). The molecule has 0 fully saturated rings. The second-order valence-corrected chi connectivity index (χ2v) is 6.25. The summed E-state index contributed by atoms with van der Waals surface area (Å²) in [6, 6.07) is 5.32. The molecule has 2 aromatic rings. The van der Waals surface area contributed by atoms with Crippen molar-refractivity contribution >= 4 is 5.97 Å². The molecule has 0 amide bonds. The molecule has 1 heterocycles. The Kier molecular flexibility index (Phi) is 3.53. The van der Waals surface area contributed by atoms with Gasteiger partial charge in [-0.1, -0.05) is 32.9 Å². The highest BCUT2D eigenvalue weighted by Crippen LogP contribution is 2.40. The maximum absolute atomic E-state index is 11.1. The van der Waals surface area contributed by atoms with Crippen LogP contribution >= 0.6 is 0 Å². The number of carboxylic acids is 1. The monoisotopic (exact) mass is 288 g/mol. The smallest absolute Gasteiger partial charge is 0.356 e. The highest BCUT2D eigenvalue weighted by molar-refractivity contribution is 5.88. The van der Waals surface area contributed by atoms with E-state index in [2.05, 4.69) is 5.10 Å². The van der Waals surface area contributed by atoms with Gasteiger partial charge in [0.25, 0.3) is 0 Å². The lowest BCUT2D eigenvalue weighted by Gasteiger charge is -2.23. The van der Waals surface area contributed by atoms with E-state index in [4.69, 9.17) is 5.11 Å². The number of aromatic nitrogens is 2. The van der Waals surface area contributed by atoms with Crippen molar-refractivity contribution in [2.24, 2.45) is 7.05 Å². The van der Waals surface area contributed by atoms with Gasteiger partial charge in [-0.2, -0.15) is 5.10 Å². The summed E-state index contributed by atoms with van der Waals surface area (Å²) < 4.78 is 1.48. The minimum atomic E-state index is -1.08. The Morgan fingerprint density at radius 1 is 1.29 bits per heavy atom. The number of rotatable bonds is 2. The van der Waals surface area contributed by atoms with E-state index in [0.717, 1.165) is 11.1 Å². The zero-order chi connectivity index (χ0) is 15.9. The SMILES string of the molecule is Cc1ccc(C(C)(C)C)c(O)c1-c1cc(C(=O)O)nn1C. The Bertz CT molecular complexity index is 709. The molecule has 0 saturated carbocycles. The number of aryl methyl sites for hydroxylation is 2. The molecular weight excluding hydrogens is 268 g/mol. The number of carbonyl (C=O) groups is 1. The minimum Gasteiger partial charge on any atom is -0.507 e. The Hall–Kier alpha value is -2.30. The van der Waals surface area contributed by atoms with Crippen molar-refractivity contribution in [3.05, 3.63) is 35.0 Å². The molecule has 1 aromatic carbocycles. The molecule has 0 aliphatic heterocycles. The number of hydrogen-bond acceptors (Lipinski definition) is 3. The van der Waals surface area contributed by atoms with E-state index in [-0.39, 0.29) is 16.9 Å². The second-order valence-electron chi connectivity index (χ2n) is 6.25. The summed E-state index contributed by atoms with van der Waals surface area (Å²) in [6.45, 7) is 7.95. The number of phenols is 1. The van der Waals surface area contributed by atoms with Crippen LogP contribution in [0.2, 0.25) is 0 Å². The lowest BCUT2D eigenvalue weighted by Crippen LogP contribution is -2.12. The van der Waals surface area contributed by atoms with Gasteiger partial charge in [-0.15, -0.1) is 0 Å². The molecule has 0 unspecified atom stereocenters. The number of nitrogens with zero attached hydrogens (tertiary/aromatic N) is 2. The maximum atomic E-state index is 11.1. The van der Waals surface area contributed by atoms with Crippen LogP contribution in [0.5, 0.6) is 5.75 Å². The fourth-order valence-electron chi connectivity index (χ4n) is 2.43. The van der Waals surface area contributed by atoms with Gasteiger partial charge in [0.15, 0.2) is 5.69 Å². The van der Waals surface area contributed by atoms with Crippen LogP contribution in [0, 0.1) is 6.92 Å². The average Bonchev–Trinajstić information content (AvgIpc) is 2.70. The fourth-order valence-corrected chi connectivity index (χ4v) is 2.43. The number of aromatic carboxylic acids is 1. The van der Waals surface area contributed by atoms with Gasteiger partial charge in [0, 0.05) is 12.6 Å². The molecule has 5 nitrogen and oxygen atoms in total. The highest BCUT2D eigenvalue weighted by atomic mass is 16.4. The number of hydrogen-bond donors (Lipinski definition) is 2. The lowest BCUT2D eigenvalue weighted by molar-refractivity contribution is 0.0689. The first-order valence-electron chi connectivity index (χ1n) is 6.73. The Balaban J connectivity index is 2.72. The van der Waals surface area contributed by atoms with E-state index in [9.17, 15) is 9.90 Å². The third-order valence-corrected chi connectivity index (χ3v) is 3.55. The van der Waals surface area contributed by atoms with Crippen molar-refractivity contribution in [1.82, 2.24) is 9.78 Å². The van der Waals surface area contributed by atoms with Crippen molar-refractivity contribution in [2.45, 2.75) is 33.1 Å². The summed E-state index contributed by atoms with van der Waals surface area (Å²) in [6.07, 6.45) is 0. The number of benzene rings is 1. The van der Waals surface area contributed by atoms with E-state index in [1.54, 1.807) is 7.05 Å². The van der Waals surface area contributed by atoms with Crippen LogP contribution in [0.15, 0.2) is 18.2 Å². The van der Waals surface area contributed by atoms with Crippen molar-refractivity contribution in [3.8, 4) is 17.0 Å². The van der Waals surface area contributed by atoms with E-state index < -0.39 is 5.97 Å². The van der Waals surface area contributed by atoms with E-state index in [0.29, 0.717) is 11.3 Å². The molecule has 5 heteroatoms. The van der Waals surface area contributed by atoms with Gasteiger partial charge in [-0.25, -0.2) is 4.79 Å². The Morgan fingerprint density at radius 2 is 1.90 bits per heavy atom. The summed E-state index contributed by atoms with van der Waals surface area (Å²) in [5.41, 5.74) is 2.67. The van der Waals surface area contributed by atoms with Crippen LogP contribution in [0.1, 0.15) is 42.4 Å². The Morgan fingerprint density at radius 3 is 2.38 bits per heavy atom. The first-order valence-corrected chi connectivity index (χ1v) is 6.73. The number of phenolic OH excluding ortho intramolecular Hbond substituents is 1. The van der Waals surface area contributed by atoms with Gasteiger partial charge in [-0.05, 0) is 29.5 Å². The zero-order valence-corrected chi connectivity index (χ0v) is 12.9. The molecule has 2 N–H and O–H groups in total. The van der Waals surface area contributed by atoms with Crippen LogP contribution in [0.4, 0.5) is 0 Å². The van der Waals surface area contributed by atoms with E-state index >= 15 is 0 Å². The predicted octanol–water partition coefficient (Wildman–Crippen LogP) is 3.10. The zero-order valence-electron chi connectivity index (χ0n) is 12.9. The van der Waals surface area contributed by atoms with Gasteiger partial charge >= 0.3 is 5.97 Å². The molecule has 0 spiro atoms. The summed E-state index contributed by atoms with van der Waals surface area (Å²) in [4.78, 5) is 11.1. The summed E-state index contributed by atoms with van der Waals surface area (Å²) in [5.74, 6) is -0.900. The minimum absolute atomic E-state index is 0.0348. The normalized spacial score (nSPS) is 11.7. The van der Waals surface area contributed by atoms with Crippen molar-refractivity contribution in [1.29, 1.82) is 0 Å². The molecule has 0 radical (unpaired) electrons. The third-order valence-electron chi connectivity index (χ3n) is 3.55. The van der Waals surface area contributed by atoms with Gasteiger partial charge in [-0.3, -0.25) is 4.68 Å². The van der Waals surface area contributed by atoms with Crippen LogP contribution in [0.3, 0.4) is 0 Å². The van der Waals surface area contributed by atoms with Gasteiger partial charge in [0.2, 0.25) is 0 Å². The van der Waals surface area contributed by atoms with E-state index in [1.165, 1.54) is 10.7 Å². The first-order chi connectivity index (χ1) is 9.62. The topological polar surface area (TPSA) is 75.3 Å². The number of aromatic hydroxyl groups is 1. The Labute approximate surface area is 123 Å². The lowest BCUT2D eigenvalue weighted by atomic mass is 9.83. The van der Waals surface area contributed by atoms with Crippen LogP contribution < -0.4 is 0 Å². The second kappa shape index (κ2) is 4.91. The third kappa shape index (κ3) is 2.63. The van der Waals surface area contributed by atoms with Crippen molar-refractivity contribution in [2.75, 3.05) is 0 Å². The van der Waals surface area contributed by atoms with Gasteiger partial charge < -0.3 is 10.2 Å². The summed E-state index contributed by atoms with van der Waals surface area (Å²) >= 11 is 0. The molecular formula is C16H20N2O3. The van der Waals surface area contributed by atoms with Crippen LogP contribution in [-0.4, -0.2) is 26.0 Å². The van der Waals surface area contributed by atoms with Gasteiger partial charge in [0.1, 0.15) is 5.75 Å². The molecule has 0 saturated heterocycles. The molecule has 0 aliphatic carbocycles. The largest absolute Gasteiger partial charge is 0.507 e. The maximum Gasteiger partial charge on any atom is 0.356 e. The molecule has 1 aromatic heterocycles. The van der Waals surface area contributed by atoms with Crippen molar-refractivity contribution < 1.29 is 15.0 Å². The van der Waals surface area contributed by atoms with E-state index in [1.807, 2.05) is 39.8 Å². The quantitative estimate of drug-likeness (QED) is 0.890.